The van der Waals surface area contributed by atoms with Gasteiger partial charge < -0.3 is 4.90 Å². The molecule has 1 aromatic rings. The average Bonchev–Trinajstić information content (AvgIpc) is 2.62. The number of rotatable bonds is 5. The number of amides is 1. The standard InChI is InChI=1S/C12H19NO3S2/c1-5-13(10(3)8-18(4,15)16)12(14)11-7-17-6-9(11)2/h6-7,10H,5,8H2,1-4H3. The highest BCUT2D eigenvalue weighted by Crippen LogP contribution is 2.17. The number of carbonyl (C=O) groups excluding carboxylic acids is 1. The predicted octanol–water partition coefficient (Wildman–Crippen LogP) is 1.95. The number of sulfone groups is 1. The Morgan fingerprint density at radius 2 is 2.06 bits per heavy atom. The molecule has 1 rings (SSSR count). The summed E-state index contributed by atoms with van der Waals surface area (Å²) in [7, 11) is -3.08. The molecule has 0 N–H and O–H groups in total. The zero-order chi connectivity index (χ0) is 13.9. The molecule has 1 amide bonds. The van der Waals surface area contributed by atoms with Gasteiger partial charge in [-0.25, -0.2) is 8.42 Å². The van der Waals surface area contributed by atoms with Gasteiger partial charge in [0.25, 0.3) is 5.91 Å². The summed E-state index contributed by atoms with van der Waals surface area (Å²) in [6, 6.07) is -0.309. The highest BCUT2D eigenvalue weighted by atomic mass is 32.2. The van der Waals surface area contributed by atoms with E-state index >= 15 is 0 Å². The van der Waals surface area contributed by atoms with Gasteiger partial charge in [0, 0.05) is 24.2 Å². The quantitative estimate of drug-likeness (QED) is 0.832. The van der Waals surface area contributed by atoms with E-state index in [1.165, 1.54) is 17.6 Å². The first-order valence-electron chi connectivity index (χ1n) is 5.77. The van der Waals surface area contributed by atoms with E-state index in [0.29, 0.717) is 12.1 Å². The van der Waals surface area contributed by atoms with Crippen LogP contribution in [0.5, 0.6) is 0 Å². The fraction of sp³-hybridized carbons (Fsp3) is 0.583. The van der Waals surface area contributed by atoms with Crippen molar-refractivity contribution in [1.82, 2.24) is 4.90 Å². The van der Waals surface area contributed by atoms with Crippen molar-refractivity contribution >= 4 is 27.1 Å². The van der Waals surface area contributed by atoms with Gasteiger partial charge in [-0.05, 0) is 31.7 Å². The van der Waals surface area contributed by atoms with Gasteiger partial charge in [-0.1, -0.05) is 0 Å². The Kier molecular flexibility index (Phi) is 4.92. The third-order valence-corrected chi connectivity index (χ3v) is 4.71. The topological polar surface area (TPSA) is 54.5 Å². The second kappa shape index (κ2) is 5.84. The molecule has 0 aromatic carbocycles. The molecule has 4 nitrogen and oxygen atoms in total. The Hall–Kier alpha value is -0.880. The van der Waals surface area contributed by atoms with Crippen molar-refractivity contribution < 1.29 is 13.2 Å². The first kappa shape index (κ1) is 15.2. The number of thiophene rings is 1. The van der Waals surface area contributed by atoms with Crippen molar-refractivity contribution in [2.45, 2.75) is 26.8 Å². The van der Waals surface area contributed by atoms with E-state index in [1.54, 1.807) is 11.8 Å². The summed E-state index contributed by atoms with van der Waals surface area (Å²) >= 11 is 1.48. The summed E-state index contributed by atoms with van der Waals surface area (Å²) in [6.45, 7) is 6.02. The van der Waals surface area contributed by atoms with Crippen LogP contribution in [0.4, 0.5) is 0 Å². The molecular weight excluding hydrogens is 270 g/mol. The third-order valence-electron chi connectivity index (χ3n) is 2.76. The summed E-state index contributed by atoms with van der Waals surface area (Å²) < 4.78 is 22.6. The summed E-state index contributed by atoms with van der Waals surface area (Å²) in [4.78, 5) is 13.9. The molecule has 6 heteroatoms. The molecular formula is C12H19NO3S2. The van der Waals surface area contributed by atoms with Crippen LogP contribution in [0.25, 0.3) is 0 Å². The maximum atomic E-state index is 12.3. The Labute approximate surface area is 113 Å². The fourth-order valence-electron chi connectivity index (χ4n) is 1.92. The van der Waals surface area contributed by atoms with Crippen molar-refractivity contribution in [1.29, 1.82) is 0 Å². The number of nitrogens with zero attached hydrogens (tertiary/aromatic N) is 1. The van der Waals surface area contributed by atoms with E-state index in [-0.39, 0.29) is 17.7 Å². The second-order valence-corrected chi connectivity index (χ2v) is 7.43. The van der Waals surface area contributed by atoms with Gasteiger partial charge in [-0.2, -0.15) is 11.3 Å². The molecule has 0 fully saturated rings. The molecule has 0 bridgehead atoms. The average molecular weight is 289 g/mol. The molecule has 102 valence electrons. The van der Waals surface area contributed by atoms with Gasteiger partial charge in [0.15, 0.2) is 0 Å². The van der Waals surface area contributed by atoms with Crippen molar-refractivity contribution in [3.63, 3.8) is 0 Å². The van der Waals surface area contributed by atoms with Crippen molar-refractivity contribution in [2.75, 3.05) is 18.6 Å². The zero-order valence-corrected chi connectivity index (χ0v) is 12.8. The molecule has 0 aliphatic heterocycles. The van der Waals surface area contributed by atoms with Gasteiger partial charge in [-0.15, -0.1) is 0 Å². The van der Waals surface area contributed by atoms with Crippen LogP contribution in [0.15, 0.2) is 10.8 Å². The van der Waals surface area contributed by atoms with E-state index in [0.717, 1.165) is 5.56 Å². The Morgan fingerprint density at radius 1 is 1.44 bits per heavy atom. The Morgan fingerprint density at radius 3 is 2.44 bits per heavy atom. The molecule has 0 radical (unpaired) electrons. The largest absolute Gasteiger partial charge is 0.335 e. The van der Waals surface area contributed by atoms with Crippen LogP contribution in [0, 0.1) is 6.92 Å². The molecule has 0 aliphatic rings. The van der Waals surface area contributed by atoms with Crippen LogP contribution in [0.3, 0.4) is 0 Å². The molecule has 0 aliphatic carbocycles. The SMILES string of the molecule is CCN(C(=O)c1cscc1C)C(C)CS(C)(=O)=O. The molecule has 0 saturated carbocycles. The predicted molar refractivity (Wildman–Crippen MR) is 74.9 cm³/mol. The zero-order valence-electron chi connectivity index (χ0n) is 11.1. The lowest BCUT2D eigenvalue weighted by Gasteiger charge is -2.27. The summed E-state index contributed by atoms with van der Waals surface area (Å²) in [5, 5.41) is 3.73. The number of carbonyl (C=O) groups is 1. The molecule has 1 atom stereocenters. The minimum absolute atomic E-state index is 0.00420. The van der Waals surface area contributed by atoms with Gasteiger partial charge in [0.1, 0.15) is 9.84 Å². The van der Waals surface area contributed by atoms with Crippen LogP contribution >= 0.6 is 11.3 Å². The lowest BCUT2D eigenvalue weighted by Crippen LogP contribution is -2.42. The maximum absolute atomic E-state index is 12.3. The second-order valence-electron chi connectivity index (χ2n) is 4.50. The molecule has 1 aromatic heterocycles. The highest BCUT2D eigenvalue weighted by molar-refractivity contribution is 7.90. The maximum Gasteiger partial charge on any atom is 0.255 e. The van der Waals surface area contributed by atoms with Gasteiger partial charge in [0.2, 0.25) is 0 Å². The lowest BCUT2D eigenvalue weighted by molar-refractivity contribution is 0.0719. The van der Waals surface area contributed by atoms with Crippen molar-refractivity contribution in [3.8, 4) is 0 Å². The minimum atomic E-state index is -3.08. The van der Waals surface area contributed by atoms with E-state index in [1.807, 2.05) is 24.6 Å². The van der Waals surface area contributed by atoms with Crippen LogP contribution < -0.4 is 0 Å². The molecule has 0 saturated heterocycles. The smallest absolute Gasteiger partial charge is 0.255 e. The monoisotopic (exact) mass is 289 g/mol. The molecule has 18 heavy (non-hydrogen) atoms. The highest BCUT2D eigenvalue weighted by Gasteiger charge is 2.24. The first-order valence-corrected chi connectivity index (χ1v) is 8.78. The molecule has 1 unspecified atom stereocenters. The van der Waals surface area contributed by atoms with Gasteiger partial charge in [-0.3, -0.25) is 4.79 Å². The fourth-order valence-corrected chi connectivity index (χ4v) is 3.80. The third kappa shape index (κ3) is 3.81. The van der Waals surface area contributed by atoms with Crippen LogP contribution in [0.2, 0.25) is 0 Å². The van der Waals surface area contributed by atoms with Crippen LogP contribution in [0.1, 0.15) is 29.8 Å². The Balaban J connectivity index is 2.90. The number of hydrogen-bond acceptors (Lipinski definition) is 4. The van der Waals surface area contributed by atoms with E-state index in [9.17, 15) is 13.2 Å². The molecule has 0 spiro atoms. The summed E-state index contributed by atoms with van der Waals surface area (Å²) in [5.41, 5.74) is 1.61. The first-order chi connectivity index (χ1) is 8.26. The number of aryl methyl sites for hydroxylation is 1. The Bertz CT molecular complexity index is 519. The summed E-state index contributed by atoms with van der Waals surface area (Å²) in [6.07, 6.45) is 1.19. The number of hydrogen-bond donors (Lipinski definition) is 0. The van der Waals surface area contributed by atoms with Gasteiger partial charge >= 0.3 is 0 Å². The van der Waals surface area contributed by atoms with E-state index < -0.39 is 9.84 Å². The van der Waals surface area contributed by atoms with E-state index in [2.05, 4.69) is 0 Å². The van der Waals surface area contributed by atoms with Crippen LogP contribution in [-0.4, -0.2) is 43.8 Å². The van der Waals surface area contributed by atoms with E-state index in [4.69, 9.17) is 0 Å². The normalized spacial score (nSPS) is 13.3. The van der Waals surface area contributed by atoms with Crippen molar-refractivity contribution in [3.05, 3.63) is 21.9 Å². The molecule has 1 heterocycles. The lowest BCUT2D eigenvalue weighted by atomic mass is 10.1. The summed E-state index contributed by atoms with van der Waals surface area (Å²) in [5.74, 6) is -0.0946. The van der Waals surface area contributed by atoms with Gasteiger partial charge in [0.05, 0.1) is 11.3 Å². The van der Waals surface area contributed by atoms with Crippen LogP contribution in [-0.2, 0) is 9.84 Å². The van der Waals surface area contributed by atoms with Crippen molar-refractivity contribution in [2.24, 2.45) is 0 Å². The minimum Gasteiger partial charge on any atom is -0.335 e.